The molecule has 4 aromatic rings. The van der Waals surface area contributed by atoms with Gasteiger partial charge in [-0.15, -0.1) is 0 Å². The van der Waals surface area contributed by atoms with Gasteiger partial charge in [-0.25, -0.2) is 22.7 Å². The van der Waals surface area contributed by atoms with E-state index in [1.807, 2.05) is 26.0 Å². The molecule has 2 saturated heterocycles. The van der Waals surface area contributed by atoms with Gasteiger partial charge >= 0.3 is 0 Å². The lowest BCUT2D eigenvalue weighted by atomic mass is 9.74. The molecule has 5 heterocycles. The molecule has 1 aromatic carbocycles. The van der Waals surface area contributed by atoms with E-state index >= 15 is 0 Å². The third-order valence-electron chi connectivity index (χ3n) is 7.48. The first kappa shape index (κ1) is 27.0. The van der Waals surface area contributed by atoms with E-state index in [2.05, 4.69) is 30.0 Å². The van der Waals surface area contributed by atoms with Crippen LogP contribution < -0.4 is 14.4 Å². The molecule has 0 saturated carbocycles. The summed E-state index contributed by atoms with van der Waals surface area (Å²) in [6.07, 6.45) is 5.80. The molecule has 0 radical (unpaired) electrons. The number of hydrogen-bond acceptors (Lipinski definition) is 9. The molecule has 210 valence electrons. The van der Waals surface area contributed by atoms with Crippen LogP contribution in [0.25, 0.3) is 22.2 Å². The second-order valence-corrected chi connectivity index (χ2v) is 13.2. The third-order valence-corrected chi connectivity index (χ3v) is 9.45. The second kappa shape index (κ2) is 9.72. The van der Waals surface area contributed by atoms with Crippen LogP contribution in [0, 0.1) is 12.3 Å². The lowest BCUT2D eigenvalue weighted by molar-refractivity contribution is 0.0389. The van der Waals surface area contributed by atoms with Crippen LogP contribution in [0.1, 0.15) is 24.3 Å². The summed E-state index contributed by atoms with van der Waals surface area (Å²) in [6, 6.07) is 3.68. The first-order chi connectivity index (χ1) is 19.0. The zero-order chi connectivity index (χ0) is 28.4. The number of nitrogens with zero attached hydrogens (tertiary/aromatic N) is 6. The predicted molar refractivity (Wildman–Crippen MR) is 153 cm³/mol. The third kappa shape index (κ3) is 4.62. The molecule has 11 nitrogen and oxygen atoms in total. The minimum Gasteiger partial charge on any atom is -0.493 e. The van der Waals surface area contributed by atoms with E-state index in [0.29, 0.717) is 57.5 Å². The summed E-state index contributed by atoms with van der Waals surface area (Å²) in [6.45, 7) is 6.23. The largest absolute Gasteiger partial charge is 0.493 e. The van der Waals surface area contributed by atoms with Gasteiger partial charge in [-0.05, 0) is 19.9 Å². The lowest BCUT2D eigenvalue weighted by Gasteiger charge is -2.59. The Hall–Kier alpha value is -3.19. The fraction of sp³-hybridized carbons (Fsp3) is 0.385. The van der Waals surface area contributed by atoms with Crippen molar-refractivity contribution in [2.24, 2.45) is 5.41 Å². The Morgan fingerprint density at radius 3 is 2.40 bits per heavy atom. The van der Waals surface area contributed by atoms with Crippen molar-refractivity contribution in [2.45, 2.75) is 20.0 Å². The van der Waals surface area contributed by atoms with Gasteiger partial charge in [-0.2, -0.15) is 5.10 Å². The number of aromatic amines is 1. The van der Waals surface area contributed by atoms with E-state index in [9.17, 15) is 8.42 Å². The second-order valence-electron chi connectivity index (χ2n) is 10.5. The molecule has 2 fully saturated rings. The zero-order valence-electron chi connectivity index (χ0n) is 22.3. The standard InChI is InChI=1S/C26H27Cl2N7O4S/c1-14-23(28)22(18(27)9-29-14)15(2)39-21-5-17-19(6-20(21)38-3)32-33-24(17)16-7-30-25(31-8-16)34-10-26(11-34)12-35(13-26)40(4,36)37/h5-9,15H,10-13H2,1-4H3,(H,32,33). The number of H-pyrrole nitrogens is 1. The Labute approximate surface area is 241 Å². The molecule has 1 spiro atoms. The number of halogens is 2. The molecular weight excluding hydrogens is 577 g/mol. The Kier molecular flexibility index (Phi) is 6.56. The average Bonchev–Trinajstić information content (AvgIpc) is 3.26. The molecule has 1 unspecified atom stereocenters. The van der Waals surface area contributed by atoms with Crippen molar-refractivity contribution in [3.05, 3.63) is 52.0 Å². The predicted octanol–water partition coefficient (Wildman–Crippen LogP) is 4.26. The van der Waals surface area contributed by atoms with Gasteiger partial charge in [0, 0.05) is 72.8 Å². The van der Waals surface area contributed by atoms with E-state index < -0.39 is 16.1 Å². The number of nitrogens with one attached hydrogen (secondary N) is 1. The number of ether oxygens (including phenoxy) is 2. The van der Waals surface area contributed by atoms with Crippen LogP contribution in [0.3, 0.4) is 0 Å². The van der Waals surface area contributed by atoms with Gasteiger partial charge in [0.05, 0.1) is 34.6 Å². The highest BCUT2D eigenvalue weighted by Crippen LogP contribution is 2.43. The summed E-state index contributed by atoms with van der Waals surface area (Å²) in [5.74, 6) is 1.63. The van der Waals surface area contributed by atoms with E-state index in [4.69, 9.17) is 32.7 Å². The summed E-state index contributed by atoms with van der Waals surface area (Å²) in [4.78, 5) is 15.4. The van der Waals surface area contributed by atoms with Gasteiger partial charge in [-0.3, -0.25) is 10.1 Å². The number of rotatable bonds is 7. The van der Waals surface area contributed by atoms with Crippen molar-refractivity contribution in [1.29, 1.82) is 0 Å². The minimum atomic E-state index is -3.14. The Morgan fingerprint density at radius 2 is 1.75 bits per heavy atom. The SMILES string of the molecule is COc1cc2[nH]nc(-c3cnc(N4CC5(C4)CN(S(C)(=O)=O)C5)nc3)c2cc1OC(C)c1c(Cl)cnc(C)c1Cl. The van der Waals surface area contributed by atoms with Crippen molar-refractivity contribution in [1.82, 2.24) is 29.5 Å². The number of pyridine rings is 1. The quantitative estimate of drug-likeness (QED) is 0.329. The Balaban J connectivity index is 1.23. The topological polar surface area (TPSA) is 126 Å². The monoisotopic (exact) mass is 603 g/mol. The van der Waals surface area contributed by atoms with Gasteiger partial charge < -0.3 is 14.4 Å². The molecule has 2 aliphatic rings. The van der Waals surface area contributed by atoms with Crippen molar-refractivity contribution < 1.29 is 17.9 Å². The van der Waals surface area contributed by atoms with E-state index in [0.717, 1.165) is 29.6 Å². The molecule has 0 bridgehead atoms. The van der Waals surface area contributed by atoms with Gasteiger partial charge in [0.1, 0.15) is 11.8 Å². The number of aryl methyl sites for hydroxylation is 1. The fourth-order valence-corrected chi connectivity index (χ4v) is 7.01. The summed E-state index contributed by atoms with van der Waals surface area (Å²) in [5, 5.41) is 9.23. The smallest absolute Gasteiger partial charge is 0.225 e. The van der Waals surface area contributed by atoms with Crippen LogP contribution in [0.4, 0.5) is 5.95 Å². The van der Waals surface area contributed by atoms with Gasteiger partial charge in [0.2, 0.25) is 16.0 Å². The van der Waals surface area contributed by atoms with Gasteiger partial charge in [0.25, 0.3) is 0 Å². The number of hydrogen-bond donors (Lipinski definition) is 1. The first-order valence-electron chi connectivity index (χ1n) is 12.5. The van der Waals surface area contributed by atoms with Crippen LogP contribution in [-0.2, 0) is 10.0 Å². The molecule has 3 aromatic heterocycles. The zero-order valence-corrected chi connectivity index (χ0v) is 24.6. The molecule has 14 heteroatoms. The summed E-state index contributed by atoms with van der Waals surface area (Å²) >= 11 is 12.9. The number of fused-ring (bicyclic) bond motifs is 1. The van der Waals surface area contributed by atoms with Crippen LogP contribution in [0.5, 0.6) is 11.5 Å². The van der Waals surface area contributed by atoms with Crippen molar-refractivity contribution in [3.63, 3.8) is 0 Å². The highest BCUT2D eigenvalue weighted by molar-refractivity contribution is 7.88. The molecular formula is C26H27Cl2N7O4S. The number of benzene rings is 1. The van der Waals surface area contributed by atoms with Gasteiger partial charge in [-0.1, -0.05) is 23.2 Å². The van der Waals surface area contributed by atoms with E-state index in [1.54, 1.807) is 25.7 Å². The molecule has 2 aliphatic heterocycles. The maximum Gasteiger partial charge on any atom is 0.225 e. The van der Waals surface area contributed by atoms with Crippen LogP contribution >= 0.6 is 23.2 Å². The maximum absolute atomic E-state index is 11.7. The van der Waals surface area contributed by atoms with Crippen molar-refractivity contribution in [2.75, 3.05) is 44.4 Å². The van der Waals surface area contributed by atoms with E-state index in [-0.39, 0.29) is 5.41 Å². The minimum absolute atomic E-state index is 0.000481. The number of anilines is 1. The molecule has 6 rings (SSSR count). The van der Waals surface area contributed by atoms with Crippen LogP contribution in [0.2, 0.25) is 10.0 Å². The van der Waals surface area contributed by atoms with Crippen LogP contribution in [-0.4, -0.2) is 77.4 Å². The van der Waals surface area contributed by atoms with E-state index in [1.165, 1.54) is 10.6 Å². The first-order valence-corrected chi connectivity index (χ1v) is 15.1. The highest BCUT2D eigenvalue weighted by Gasteiger charge is 2.54. The number of aromatic nitrogens is 5. The van der Waals surface area contributed by atoms with Gasteiger partial charge in [0.15, 0.2) is 11.5 Å². The summed E-state index contributed by atoms with van der Waals surface area (Å²) < 4.78 is 36.8. The normalized spacial score (nSPS) is 17.5. The maximum atomic E-state index is 11.7. The Bertz CT molecular complexity index is 1720. The summed E-state index contributed by atoms with van der Waals surface area (Å²) in [5.41, 5.74) is 3.47. The number of sulfonamides is 1. The highest BCUT2D eigenvalue weighted by atomic mass is 35.5. The van der Waals surface area contributed by atoms with Crippen molar-refractivity contribution >= 4 is 50.1 Å². The fourth-order valence-electron chi connectivity index (χ4n) is 5.35. The lowest BCUT2D eigenvalue weighted by Crippen LogP contribution is -2.73. The van der Waals surface area contributed by atoms with Crippen molar-refractivity contribution in [3.8, 4) is 22.8 Å². The molecule has 0 amide bonds. The molecule has 1 atom stereocenters. The van der Waals surface area contributed by atoms with Crippen LogP contribution in [0.15, 0.2) is 30.7 Å². The summed E-state index contributed by atoms with van der Waals surface area (Å²) in [7, 11) is -1.57. The molecule has 0 aliphatic carbocycles. The number of methoxy groups -OCH3 is 1. The Morgan fingerprint density at radius 1 is 1.05 bits per heavy atom. The molecule has 1 N–H and O–H groups in total. The average molecular weight is 605 g/mol. The molecule has 40 heavy (non-hydrogen) atoms.